The normalized spacial score (nSPS) is 19.6. The van der Waals surface area contributed by atoms with Crippen LogP contribution in [0.5, 0.6) is 0 Å². The number of nitrogens with one attached hydrogen (secondary N) is 1. The molecule has 0 bridgehead atoms. The molecule has 0 radical (unpaired) electrons. The van der Waals surface area contributed by atoms with Gasteiger partial charge in [0, 0.05) is 12.6 Å². The van der Waals surface area contributed by atoms with Crippen molar-refractivity contribution in [3.63, 3.8) is 0 Å². The Morgan fingerprint density at radius 2 is 2.11 bits per heavy atom. The lowest BCUT2D eigenvalue weighted by Crippen LogP contribution is -2.44. The van der Waals surface area contributed by atoms with Crippen molar-refractivity contribution in [1.82, 2.24) is 5.32 Å². The van der Waals surface area contributed by atoms with Gasteiger partial charge in [-0.05, 0) is 43.7 Å². The van der Waals surface area contributed by atoms with Crippen molar-refractivity contribution in [2.75, 3.05) is 6.61 Å². The van der Waals surface area contributed by atoms with E-state index in [4.69, 9.17) is 4.74 Å². The third kappa shape index (κ3) is 3.57. The number of ether oxygens (including phenoxy) is 1. The van der Waals surface area contributed by atoms with E-state index in [0.29, 0.717) is 6.61 Å². The van der Waals surface area contributed by atoms with Crippen LogP contribution in [0.4, 0.5) is 0 Å². The maximum Gasteiger partial charge on any atom is 0.249 e. The average Bonchev–Trinajstić information content (AvgIpc) is 2.44. The lowest BCUT2D eigenvalue weighted by molar-refractivity contribution is -0.133. The standard InChI is InChI=1S/C16H23NO2/c1-3-15(19-4-2)16(18)17-14-10-9-12-7-5-6-8-13(12)11-14/h5-8,14-15H,3-4,9-11H2,1-2H3,(H,17,18)/t14-,15+/m0/s1. The van der Waals surface area contributed by atoms with Gasteiger partial charge in [0.25, 0.3) is 0 Å². The van der Waals surface area contributed by atoms with E-state index in [1.54, 1.807) is 0 Å². The van der Waals surface area contributed by atoms with Crippen LogP contribution in [0.15, 0.2) is 24.3 Å². The zero-order chi connectivity index (χ0) is 13.7. The summed E-state index contributed by atoms with van der Waals surface area (Å²) in [4.78, 5) is 12.1. The van der Waals surface area contributed by atoms with Gasteiger partial charge in [0.15, 0.2) is 0 Å². The lowest BCUT2D eigenvalue weighted by atomic mass is 9.88. The zero-order valence-corrected chi connectivity index (χ0v) is 11.8. The zero-order valence-electron chi connectivity index (χ0n) is 11.8. The summed E-state index contributed by atoms with van der Waals surface area (Å²) in [5, 5.41) is 3.13. The van der Waals surface area contributed by atoms with E-state index < -0.39 is 0 Å². The van der Waals surface area contributed by atoms with Crippen LogP contribution in [0.2, 0.25) is 0 Å². The number of fused-ring (bicyclic) bond motifs is 1. The number of rotatable bonds is 5. The highest BCUT2D eigenvalue weighted by molar-refractivity contribution is 5.81. The van der Waals surface area contributed by atoms with Gasteiger partial charge >= 0.3 is 0 Å². The molecule has 3 nitrogen and oxygen atoms in total. The fourth-order valence-electron chi connectivity index (χ4n) is 2.70. The Balaban J connectivity index is 1.93. The predicted molar refractivity (Wildman–Crippen MR) is 76.1 cm³/mol. The highest BCUT2D eigenvalue weighted by Crippen LogP contribution is 2.21. The topological polar surface area (TPSA) is 38.3 Å². The third-order valence-electron chi connectivity index (χ3n) is 3.72. The first-order valence-electron chi connectivity index (χ1n) is 7.23. The molecule has 1 aliphatic rings. The molecule has 0 unspecified atom stereocenters. The Morgan fingerprint density at radius 1 is 1.37 bits per heavy atom. The number of aryl methyl sites for hydroxylation is 1. The number of carbonyl (C=O) groups is 1. The summed E-state index contributed by atoms with van der Waals surface area (Å²) in [5.41, 5.74) is 2.79. The molecule has 1 amide bonds. The average molecular weight is 261 g/mol. The van der Waals surface area contributed by atoms with E-state index in [1.165, 1.54) is 11.1 Å². The Bertz CT molecular complexity index is 431. The fraction of sp³-hybridized carbons (Fsp3) is 0.562. The van der Waals surface area contributed by atoms with Crippen molar-refractivity contribution >= 4 is 5.91 Å². The van der Waals surface area contributed by atoms with Gasteiger partial charge in [-0.1, -0.05) is 31.2 Å². The number of hydrogen-bond donors (Lipinski definition) is 1. The molecule has 1 N–H and O–H groups in total. The second-order valence-corrected chi connectivity index (χ2v) is 5.07. The van der Waals surface area contributed by atoms with E-state index in [1.807, 2.05) is 13.8 Å². The van der Waals surface area contributed by atoms with E-state index in [2.05, 4.69) is 29.6 Å². The van der Waals surface area contributed by atoms with Crippen LogP contribution in [0.1, 0.15) is 37.8 Å². The van der Waals surface area contributed by atoms with E-state index in [-0.39, 0.29) is 18.1 Å². The molecule has 0 aromatic heterocycles. The van der Waals surface area contributed by atoms with E-state index in [9.17, 15) is 4.79 Å². The van der Waals surface area contributed by atoms with Gasteiger partial charge in [-0.2, -0.15) is 0 Å². The minimum atomic E-state index is -0.304. The smallest absolute Gasteiger partial charge is 0.249 e. The molecule has 2 atom stereocenters. The largest absolute Gasteiger partial charge is 0.369 e. The molecular formula is C16H23NO2. The number of benzene rings is 1. The fourth-order valence-corrected chi connectivity index (χ4v) is 2.70. The quantitative estimate of drug-likeness (QED) is 0.884. The van der Waals surface area contributed by atoms with E-state index >= 15 is 0 Å². The van der Waals surface area contributed by atoms with Gasteiger partial charge in [-0.25, -0.2) is 0 Å². The summed E-state index contributed by atoms with van der Waals surface area (Å²) >= 11 is 0. The second kappa shape index (κ2) is 6.71. The third-order valence-corrected chi connectivity index (χ3v) is 3.72. The van der Waals surface area contributed by atoms with Crippen molar-refractivity contribution < 1.29 is 9.53 Å². The van der Waals surface area contributed by atoms with Crippen LogP contribution in [0.3, 0.4) is 0 Å². The SMILES string of the molecule is CCO[C@H](CC)C(=O)N[C@H]1CCc2ccccc2C1. The summed E-state index contributed by atoms with van der Waals surface area (Å²) in [6.45, 7) is 4.49. The van der Waals surface area contributed by atoms with Gasteiger partial charge in [0.2, 0.25) is 5.91 Å². The van der Waals surface area contributed by atoms with Crippen molar-refractivity contribution in [2.24, 2.45) is 0 Å². The first-order valence-corrected chi connectivity index (χ1v) is 7.23. The Labute approximate surface area is 115 Å². The minimum Gasteiger partial charge on any atom is -0.369 e. The van der Waals surface area contributed by atoms with Crippen LogP contribution in [-0.4, -0.2) is 24.7 Å². The maximum atomic E-state index is 12.1. The summed E-state index contributed by atoms with van der Waals surface area (Å²) in [6, 6.07) is 8.74. The molecule has 0 spiro atoms. The van der Waals surface area contributed by atoms with Crippen LogP contribution < -0.4 is 5.32 Å². The molecule has 1 aromatic carbocycles. The molecule has 0 aliphatic heterocycles. The van der Waals surface area contributed by atoms with Crippen LogP contribution in [0.25, 0.3) is 0 Å². The van der Waals surface area contributed by atoms with Crippen LogP contribution >= 0.6 is 0 Å². The molecule has 2 rings (SSSR count). The molecule has 1 aromatic rings. The Hall–Kier alpha value is -1.35. The molecule has 0 saturated carbocycles. The molecule has 3 heteroatoms. The van der Waals surface area contributed by atoms with E-state index in [0.717, 1.165) is 25.7 Å². The molecular weight excluding hydrogens is 238 g/mol. The molecule has 0 heterocycles. The molecule has 0 saturated heterocycles. The second-order valence-electron chi connectivity index (χ2n) is 5.07. The molecule has 0 fully saturated rings. The molecule has 1 aliphatic carbocycles. The Morgan fingerprint density at radius 3 is 2.79 bits per heavy atom. The first-order chi connectivity index (χ1) is 9.24. The van der Waals surface area contributed by atoms with Crippen molar-refractivity contribution in [1.29, 1.82) is 0 Å². The highest BCUT2D eigenvalue weighted by atomic mass is 16.5. The highest BCUT2D eigenvalue weighted by Gasteiger charge is 2.23. The number of carbonyl (C=O) groups excluding carboxylic acids is 1. The number of amides is 1. The minimum absolute atomic E-state index is 0.0359. The van der Waals surface area contributed by atoms with Gasteiger partial charge in [-0.3, -0.25) is 4.79 Å². The summed E-state index contributed by atoms with van der Waals surface area (Å²) in [5.74, 6) is 0.0359. The Kier molecular flexibility index (Phi) is 4.97. The van der Waals surface area contributed by atoms with Gasteiger partial charge < -0.3 is 10.1 Å². The van der Waals surface area contributed by atoms with Crippen LogP contribution in [0, 0.1) is 0 Å². The van der Waals surface area contributed by atoms with Gasteiger partial charge in [-0.15, -0.1) is 0 Å². The lowest BCUT2D eigenvalue weighted by Gasteiger charge is -2.27. The van der Waals surface area contributed by atoms with Gasteiger partial charge in [0.1, 0.15) is 6.10 Å². The summed E-state index contributed by atoms with van der Waals surface area (Å²) in [7, 11) is 0. The van der Waals surface area contributed by atoms with Crippen LogP contribution in [-0.2, 0) is 22.4 Å². The predicted octanol–water partition coefficient (Wildman–Crippen LogP) is 2.48. The van der Waals surface area contributed by atoms with Crippen molar-refractivity contribution in [3.05, 3.63) is 35.4 Å². The summed E-state index contributed by atoms with van der Waals surface area (Å²) in [6.07, 6.45) is 3.42. The summed E-state index contributed by atoms with van der Waals surface area (Å²) < 4.78 is 5.45. The maximum absolute atomic E-state index is 12.1. The first kappa shape index (κ1) is 14.1. The molecule has 104 valence electrons. The van der Waals surface area contributed by atoms with Crippen molar-refractivity contribution in [3.8, 4) is 0 Å². The van der Waals surface area contributed by atoms with Crippen molar-refractivity contribution in [2.45, 2.75) is 51.7 Å². The monoisotopic (exact) mass is 261 g/mol. The molecule has 19 heavy (non-hydrogen) atoms. The van der Waals surface area contributed by atoms with Gasteiger partial charge in [0.05, 0.1) is 0 Å². The number of hydrogen-bond acceptors (Lipinski definition) is 2.